The van der Waals surface area contributed by atoms with E-state index in [-0.39, 0.29) is 24.6 Å². The summed E-state index contributed by atoms with van der Waals surface area (Å²) in [6.07, 6.45) is 3.08. The van der Waals surface area contributed by atoms with Gasteiger partial charge in [-0.3, -0.25) is 9.59 Å². The number of alkyl halides is 1. The lowest BCUT2D eigenvalue weighted by Crippen LogP contribution is -2.42. The van der Waals surface area contributed by atoms with Gasteiger partial charge in [-0.25, -0.2) is 13.9 Å². The van der Waals surface area contributed by atoms with E-state index in [0.717, 1.165) is 0 Å². The third kappa shape index (κ3) is 4.01. The van der Waals surface area contributed by atoms with Crippen molar-refractivity contribution in [1.29, 1.82) is 0 Å². The quantitative estimate of drug-likeness (QED) is 0.583. The molecular weight excluding hydrogens is 417 g/mol. The topological polar surface area (TPSA) is 109 Å². The van der Waals surface area contributed by atoms with E-state index in [1.54, 1.807) is 37.5 Å². The molecule has 1 aliphatic rings. The molecule has 4 rings (SSSR count). The maximum Gasteiger partial charge on any atom is 0.261 e. The second-order valence-electron chi connectivity index (χ2n) is 8.15. The molecule has 32 heavy (non-hydrogen) atoms. The molecule has 0 fully saturated rings. The summed E-state index contributed by atoms with van der Waals surface area (Å²) in [6, 6.07) is 4.92. The highest BCUT2D eigenvalue weighted by atomic mass is 19.1. The van der Waals surface area contributed by atoms with Crippen LogP contribution in [0.3, 0.4) is 0 Å². The van der Waals surface area contributed by atoms with E-state index >= 15 is 0 Å². The number of anilines is 1. The largest absolute Gasteiger partial charge is 0.492 e. The Hall–Kier alpha value is -3.53. The first-order valence-corrected chi connectivity index (χ1v) is 10.2. The van der Waals surface area contributed by atoms with E-state index in [1.807, 2.05) is 0 Å². The van der Waals surface area contributed by atoms with Crippen molar-refractivity contribution in [3.8, 4) is 5.75 Å². The van der Waals surface area contributed by atoms with Crippen LogP contribution in [-0.2, 0) is 6.54 Å². The number of carbonyl (C=O) groups is 2. The van der Waals surface area contributed by atoms with Crippen molar-refractivity contribution in [3.05, 3.63) is 53.5 Å². The molecule has 1 aliphatic heterocycles. The van der Waals surface area contributed by atoms with Crippen LogP contribution in [0.5, 0.6) is 5.75 Å². The summed E-state index contributed by atoms with van der Waals surface area (Å²) < 4.78 is 21.5. The molecule has 1 atom stereocenters. The lowest BCUT2D eigenvalue weighted by Gasteiger charge is -2.26. The summed E-state index contributed by atoms with van der Waals surface area (Å²) >= 11 is 0. The Labute approximate surface area is 183 Å². The monoisotopic (exact) mass is 441 g/mol. The SMILES string of the molecule is CCOc1cc2c(cc1NC(=O)c1cnn3cccnc13)CN(C[C@@H](F)C(C)(C)O)C2=O. The van der Waals surface area contributed by atoms with Crippen molar-refractivity contribution in [2.45, 2.75) is 39.1 Å². The number of nitrogens with one attached hydrogen (secondary N) is 1. The summed E-state index contributed by atoms with van der Waals surface area (Å²) in [6.45, 7) is 4.76. The van der Waals surface area contributed by atoms with Gasteiger partial charge < -0.3 is 20.1 Å². The minimum atomic E-state index is -1.60. The summed E-state index contributed by atoms with van der Waals surface area (Å²) in [5.74, 6) is -0.442. The number of ether oxygens (including phenoxy) is 1. The molecule has 0 aliphatic carbocycles. The average Bonchev–Trinajstić information content (AvgIpc) is 3.29. The zero-order valence-electron chi connectivity index (χ0n) is 18.0. The Morgan fingerprint density at radius 3 is 2.91 bits per heavy atom. The van der Waals surface area contributed by atoms with Gasteiger partial charge in [-0.1, -0.05) is 0 Å². The van der Waals surface area contributed by atoms with E-state index in [2.05, 4.69) is 15.4 Å². The van der Waals surface area contributed by atoms with E-state index in [4.69, 9.17) is 4.74 Å². The maximum absolute atomic E-state index is 14.4. The van der Waals surface area contributed by atoms with E-state index in [1.165, 1.54) is 29.5 Å². The molecule has 0 saturated heterocycles. The Morgan fingerprint density at radius 1 is 1.41 bits per heavy atom. The maximum atomic E-state index is 14.4. The molecule has 0 saturated carbocycles. The molecule has 168 valence electrons. The van der Waals surface area contributed by atoms with Gasteiger partial charge in [0.15, 0.2) is 5.65 Å². The molecule has 10 heteroatoms. The summed E-state index contributed by atoms with van der Waals surface area (Å²) in [4.78, 5) is 31.2. The number of halogens is 1. The number of fused-ring (bicyclic) bond motifs is 2. The lowest BCUT2D eigenvalue weighted by atomic mass is 10.0. The van der Waals surface area contributed by atoms with Gasteiger partial charge in [-0.2, -0.15) is 5.10 Å². The zero-order valence-corrected chi connectivity index (χ0v) is 18.0. The number of nitrogens with zero attached hydrogens (tertiary/aromatic N) is 4. The Morgan fingerprint density at radius 2 is 2.19 bits per heavy atom. The predicted octanol–water partition coefficient (Wildman–Crippen LogP) is 2.45. The fourth-order valence-corrected chi connectivity index (χ4v) is 3.52. The Balaban J connectivity index is 1.61. The van der Waals surface area contributed by atoms with Crippen LogP contribution in [0.15, 0.2) is 36.8 Å². The minimum Gasteiger partial charge on any atom is -0.492 e. The van der Waals surface area contributed by atoms with E-state index < -0.39 is 17.7 Å². The second kappa shape index (κ2) is 8.19. The molecule has 0 radical (unpaired) electrons. The molecule has 3 heterocycles. The zero-order chi connectivity index (χ0) is 23.0. The van der Waals surface area contributed by atoms with Crippen LogP contribution in [0.4, 0.5) is 10.1 Å². The summed E-state index contributed by atoms with van der Waals surface area (Å²) in [5.41, 5.74) is 0.539. The number of hydrogen-bond acceptors (Lipinski definition) is 6. The van der Waals surface area contributed by atoms with Crippen LogP contribution in [0.1, 0.15) is 47.1 Å². The van der Waals surface area contributed by atoms with Gasteiger partial charge in [-0.05, 0) is 44.5 Å². The molecule has 9 nitrogen and oxygen atoms in total. The molecule has 3 aromatic rings. The third-order valence-corrected chi connectivity index (χ3v) is 5.30. The second-order valence-corrected chi connectivity index (χ2v) is 8.15. The van der Waals surface area contributed by atoms with Crippen LogP contribution in [0.25, 0.3) is 5.65 Å². The van der Waals surface area contributed by atoms with Crippen molar-refractivity contribution >= 4 is 23.1 Å². The predicted molar refractivity (Wildman–Crippen MR) is 114 cm³/mol. The van der Waals surface area contributed by atoms with Crippen LogP contribution < -0.4 is 10.1 Å². The number of rotatable bonds is 7. The van der Waals surface area contributed by atoms with Gasteiger partial charge in [0.05, 0.1) is 30.6 Å². The smallest absolute Gasteiger partial charge is 0.261 e. The van der Waals surface area contributed by atoms with Gasteiger partial charge in [0.1, 0.15) is 17.5 Å². The van der Waals surface area contributed by atoms with Crippen LogP contribution in [0.2, 0.25) is 0 Å². The van der Waals surface area contributed by atoms with Crippen molar-refractivity contribution in [3.63, 3.8) is 0 Å². The Kier molecular flexibility index (Phi) is 5.55. The van der Waals surface area contributed by atoms with Crippen molar-refractivity contribution in [1.82, 2.24) is 19.5 Å². The number of aliphatic hydroxyl groups is 1. The van der Waals surface area contributed by atoms with Gasteiger partial charge >= 0.3 is 0 Å². The first kappa shape index (κ1) is 21.7. The minimum absolute atomic E-state index is 0.165. The molecule has 2 amide bonds. The molecule has 2 aromatic heterocycles. The summed E-state index contributed by atoms with van der Waals surface area (Å²) in [5, 5.41) is 16.8. The van der Waals surface area contributed by atoms with Gasteiger partial charge in [0.25, 0.3) is 11.8 Å². The normalized spacial score (nSPS) is 14.5. The molecule has 1 aromatic carbocycles. The van der Waals surface area contributed by atoms with Gasteiger partial charge in [0, 0.05) is 24.5 Å². The standard InChI is InChI=1S/C22H24FN5O4/c1-4-32-17-9-14-13(11-27(21(14)30)12-18(23)22(2,3)31)8-16(17)26-20(29)15-10-25-28-7-5-6-24-19(15)28/h5-10,18,31H,4,11-12H2,1-3H3,(H,26,29)/t18-/m1/s1. The average molecular weight is 441 g/mol. The summed E-state index contributed by atoms with van der Waals surface area (Å²) in [7, 11) is 0. The van der Waals surface area contributed by atoms with Gasteiger partial charge in [-0.15, -0.1) is 0 Å². The van der Waals surface area contributed by atoms with E-state index in [0.29, 0.717) is 34.8 Å². The molecule has 0 bridgehead atoms. The highest BCUT2D eigenvalue weighted by Crippen LogP contribution is 2.35. The molecule has 0 unspecified atom stereocenters. The van der Waals surface area contributed by atoms with Crippen molar-refractivity contribution < 1.29 is 23.8 Å². The first-order valence-electron chi connectivity index (χ1n) is 10.2. The van der Waals surface area contributed by atoms with Crippen molar-refractivity contribution in [2.75, 3.05) is 18.5 Å². The lowest BCUT2D eigenvalue weighted by molar-refractivity contribution is -0.0159. The highest BCUT2D eigenvalue weighted by molar-refractivity contribution is 6.09. The fraction of sp³-hybridized carbons (Fsp3) is 0.364. The third-order valence-electron chi connectivity index (χ3n) is 5.30. The Bertz CT molecular complexity index is 1190. The van der Waals surface area contributed by atoms with Crippen molar-refractivity contribution in [2.24, 2.45) is 0 Å². The van der Waals surface area contributed by atoms with Crippen LogP contribution in [0, 0.1) is 0 Å². The first-order chi connectivity index (χ1) is 15.2. The molecule has 2 N–H and O–H groups in total. The van der Waals surface area contributed by atoms with E-state index in [9.17, 15) is 19.1 Å². The van der Waals surface area contributed by atoms with Crippen LogP contribution >= 0.6 is 0 Å². The van der Waals surface area contributed by atoms with Crippen LogP contribution in [-0.4, -0.2) is 61.3 Å². The fourth-order valence-electron chi connectivity index (χ4n) is 3.52. The molecule has 0 spiro atoms. The molecular formula is C22H24FN5O4. The number of benzene rings is 1. The number of amides is 2. The number of hydrogen-bond donors (Lipinski definition) is 2. The highest BCUT2D eigenvalue weighted by Gasteiger charge is 2.35. The number of carbonyl (C=O) groups excluding carboxylic acids is 2. The van der Waals surface area contributed by atoms with Gasteiger partial charge in [0.2, 0.25) is 0 Å². The number of aromatic nitrogens is 3.